The van der Waals surface area contributed by atoms with Crippen molar-refractivity contribution in [1.29, 1.82) is 0 Å². The first-order valence-corrected chi connectivity index (χ1v) is 7.00. The maximum atomic E-state index is 12.6. The average molecular weight is 309 g/mol. The van der Waals surface area contributed by atoms with Crippen LogP contribution in [0.2, 0.25) is 0 Å². The van der Waals surface area contributed by atoms with Gasteiger partial charge in [0.2, 0.25) is 11.8 Å². The molecule has 2 amide bonds. The van der Waals surface area contributed by atoms with Gasteiger partial charge in [-0.25, -0.2) is 0 Å². The Labute approximate surface area is 122 Å². The number of rotatable bonds is 4. The third kappa shape index (κ3) is 6.33. The molecule has 122 valence electrons. The van der Waals surface area contributed by atoms with Crippen LogP contribution in [0, 0.1) is 0 Å². The maximum Gasteiger partial charge on any atom is 0.406 e. The normalized spacial score (nSPS) is 19.8. The Balaban J connectivity index is 2.77. The molecule has 0 radical (unpaired) electrons. The Morgan fingerprint density at radius 2 is 1.86 bits per heavy atom. The van der Waals surface area contributed by atoms with Crippen LogP contribution in [-0.4, -0.2) is 67.6 Å². The lowest BCUT2D eigenvalue weighted by atomic mass is 10.1. The largest absolute Gasteiger partial charge is 0.406 e. The molecule has 1 unspecified atom stereocenters. The van der Waals surface area contributed by atoms with Crippen molar-refractivity contribution in [2.75, 3.05) is 33.7 Å². The Morgan fingerprint density at radius 1 is 1.19 bits per heavy atom. The van der Waals surface area contributed by atoms with Crippen molar-refractivity contribution >= 4 is 11.8 Å². The summed E-state index contributed by atoms with van der Waals surface area (Å²) in [4.78, 5) is 25.7. The summed E-state index contributed by atoms with van der Waals surface area (Å²) in [7, 11) is 2.89. The number of amides is 2. The molecule has 0 aromatic heterocycles. The number of carbonyl (C=O) groups is 2. The molecular weight excluding hydrogens is 287 g/mol. The number of hydrogen-bond acceptors (Lipinski definition) is 3. The van der Waals surface area contributed by atoms with Crippen LogP contribution in [0.4, 0.5) is 13.2 Å². The molecule has 1 heterocycles. The molecule has 1 fully saturated rings. The molecule has 1 saturated heterocycles. The zero-order chi connectivity index (χ0) is 16.0. The summed E-state index contributed by atoms with van der Waals surface area (Å²) >= 11 is 0. The minimum Gasteiger partial charge on any atom is -0.347 e. The van der Waals surface area contributed by atoms with Crippen molar-refractivity contribution in [3.05, 3.63) is 0 Å². The lowest BCUT2D eigenvalue weighted by molar-refractivity contribution is -0.165. The van der Waals surface area contributed by atoms with E-state index in [1.807, 2.05) is 0 Å². The number of halogens is 3. The molecule has 1 atom stereocenters. The molecule has 5 nitrogen and oxygen atoms in total. The van der Waals surface area contributed by atoms with E-state index in [9.17, 15) is 22.8 Å². The molecule has 0 aliphatic carbocycles. The van der Waals surface area contributed by atoms with Gasteiger partial charge in [0.25, 0.3) is 0 Å². The summed E-state index contributed by atoms with van der Waals surface area (Å²) in [6.45, 7) is -1.34. The van der Waals surface area contributed by atoms with Crippen molar-refractivity contribution < 1.29 is 22.8 Å². The van der Waals surface area contributed by atoms with E-state index in [1.165, 1.54) is 19.0 Å². The van der Waals surface area contributed by atoms with Crippen molar-refractivity contribution in [2.24, 2.45) is 0 Å². The average Bonchev–Trinajstić information content (AvgIpc) is 2.64. The van der Waals surface area contributed by atoms with E-state index in [1.54, 1.807) is 0 Å². The SMILES string of the molecule is CN(C)C(=O)CN(CC(F)(F)F)C(=O)C1CCCCCN1. The predicted molar refractivity (Wildman–Crippen MR) is 71.6 cm³/mol. The topological polar surface area (TPSA) is 52.7 Å². The second kappa shape index (κ2) is 7.63. The molecule has 21 heavy (non-hydrogen) atoms. The van der Waals surface area contributed by atoms with E-state index >= 15 is 0 Å². The number of carbonyl (C=O) groups excluding carboxylic acids is 2. The molecule has 0 bridgehead atoms. The molecule has 0 aromatic carbocycles. The van der Waals surface area contributed by atoms with E-state index in [-0.39, 0.29) is 0 Å². The maximum absolute atomic E-state index is 12.6. The van der Waals surface area contributed by atoms with Gasteiger partial charge in [-0.15, -0.1) is 0 Å². The van der Waals surface area contributed by atoms with E-state index in [2.05, 4.69) is 5.32 Å². The monoisotopic (exact) mass is 309 g/mol. The highest BCUT2D eigenvalue weighted by molar-refractivity contribution is 5.87. The molecular formula is C13H22F3N3O2. The second-order valence-electron chi connectivity index (χ2n) is 5.45. The number of nitrogens with zero attached hydrogens (tertiary/aromatic N) is 2. The van der Waals surface area contributed by atoms with E-state index < -0.39 is 37.1 Å². The van der Waals surface area contributed by atoms with Crippen LogP contribution in [-0.2, 0) is 9.59 Å². The highest BCUT2D eigenvalue weighted by atomic mass is 19.4. The Morgan fingerprint density at radius 3 is 2.43 bits per heavy atom. The van der Waals surface area contributed by atoms with Gasteiger partial charge >= 0.3 is 6.18 Å². The molecule has 1 aliphatic heterocycles. The van der Waals surface area contributed by atoms with Crippen LogP contribution in [0.15, 0.2) is 0 Å². The second-order valence-corrected chi connectivity index (χ2v) is 5.45. The van der Waals surface area contributed by atoms with Crippen molar-refractivity contribution in [3.8, 4) is 0 Å². The van der Waals surface area contributed by atoms with Gasteiger partial charge in [-0.2, -0.15) is 13.2 Å². The van der Waals surface area contributed by atoms with E-state index in [4.69, 9.17) is 0 Å². The summed E-state index contributed by atoms with van der Waals surface area (Å²) in [6.07, 6.45) is -1.37. The first kappa shape index (κ1) is 17.7. The summed E-state index contributed by atoms with van der Waals surface area (Å²) in [5.41, 5.74) is 0. The van der Waals surface area contributed by atoms with Crippen LogP contribution >= 0.6 is 0 Å². The third-order valence-corrected chi connectivity index (χ3v) is 3.37. The Bertz CT molecular complexity index is 364. The first-order valence-electron chi connectivity index (χ1n) is 7.00. The highest BCUT2D eigenvalue weighted by Crippen LogP contribution is 2.18. The molecule has 1 aliphatic rings. The molecule has 0 saturated carbocycles. The van der Waals surface area contributed by atoms with Gasteiger partial charge in [0.15, 0.2) is 0 Å². The fourth-order valence-corrected chi connectivity index (χ4v) is 2.19. The summed E-state index contributed by atoms with van der Waals surface area (Å²) in [5, 5.41) is 2.97. The quantitative estimate of drug-likeness (QED) is 0.843. The number of nitrogens with one attached hydrogen (secondary N) is 1. The molecule has 0 aromatic rings. The van der Waals surface area contributed by atoms with Gasteiger partial charge < -0.3 is 15.1 Å². The minimum absolute atomic E-state index is 0.503. The fraction of sp³-hybridized carbons (Fsp3) is 0.846. The zero-order valence-corrected chi connectivity index (χ0v) is 12.4. The van der Waals surface area contributed by atoms with Crippen LogP contribution in [0.5, 0.6) is 0 Å². The van der Waals surface area contributed by atoms with Crippen LogP contribution in [0.25, 0.3) is 0 Å². The van der Waals surface area contributed by atoms with Crippen LogP contribution < -0.4 is 5.32 Å². The molecule has 1 N–H and O–H groups in total. The number of likely N-dealkylation sites (N-methyl/N-ethyl adjacent to an activating group) is 1. The number of alkyl halides is 3. The fourth-order valence-electron chi connectivity index (χ4n) is 2.19. The van der Waals surface area contributed by atoms with Crippen LogP contribution in [0.3, 0.4) is 0 Å². The summed E-state index contributed by atoms with van der Waals surface area (Å²) < 4.78 is 37.9. The standard InChI is InChI=1S/C13H22F3N3O2/c1-18(2)11(20)8-19(9-13(14,15)16)12(21)10-6-4-3-5-7-17-10/h10,17H,3-9H2,1-2H3. The van der Waals surface area contributed by atoms with Gasteiger partial charge in [0, 0.05) is 14.1 Å². The van der Waals surface area contributed by atoms with Crippen molar-refractivity contribution in [3.63, 3.8) is 0 Å². The molecule has 8 heteroatoms. The Hall–Kier alpha value is -1.31. The summed E-state index contributed by atoms with van der Waals surface area (Å²) in [5.74, 6) is -1.18. The van der Waals surface area contributed by atoms with E-state index in [0.717, 1.165) is 19.3 Å². The van der Waals surface area contributed by atoms with Gasteiger partial charge in [-0.3, -0.25) is 9.59 Å². The lowest BCUT2D eigenvalue weighted by Gasteiger charge is -2.28. The smallest absolute Gasteiger partial charge is 0.347 e. The summed E-state index contributed by atoms with van der Waals surface area (Å²) in [6, 6.07) is -0.634. The Kier molecular flexibility index (Phi) is 6.44. The van der Waals surface area contributed by atoms with Gasteiger partial charge in [-0.1, -0.05) is 12.8 Å². The molecule has 0 spiro atoms. The zero-order valence-electron chi connectivity index (χ0n) is 12.4. The lowest BCUT2D eigenvalue weighted by Crippen LogP contribution is -2.52. The van der Waals surface area contributed by atoms with Gasteiger partial charge in [-0.05, 0) is 19.4 Å². The van der Waals surface area contributed by atoms with E-state index in [0.29, 0.717) is 17.9 Å². The number of hydrogen-bond donors (Lipinski definition) is 1. The first-order chi connectivity index (χ1) is 9.70. The predicted octanol–water partition coefficient (Wildman–Crippen LogP) is 0.998. The molecule has 1 rings (SSSR count). The minimum atomic E-state index is -4.52. The highest BCUT2D eigenvalue weighted by Gasteiger charge is 2.36. The van der Waals surface area contributed by atoms with Gasteiger partial charge in [0.05, 0.1) is 6.04 Å². The van der Waals surface area contributed by atoms with Crippen molar-refractivity contribution in [2.45, 2.75) is 37.9 Å². The van der Waals surface area contributed by atoms with Crippen molar-refractivity contribution in [1.82, 2.24) is 15.1 Å². The van der Waals surface area contributed by atoms with Crippen LogP contribution in [0.1, 0.15) is 25.7 Å². The third-order valence-electron chi connectivity index (χ3n) is 3.37. The van der Waals surface area contributed by atoms with Gasteiger partial charge in [0.1, 0.15) is 13.1 Å².